The van der Waals surface area contributed by atoms with E-state index >= 15 is 0 Å². The van der Waals surface area contributed by atoms with Gasteiger partial charge in [0.15, 0.2) is 0 Å². The first-order chi connectivity index (χ1) is 8.91. The molecule has 0 saturated carbocycles. The summed E-state index contributed by atoms with van der Waals surface area (Å²) >= 11 is 3.15. The molecule has 0 unspecified atom stereocenters. The van der Waals surface area contributed by atoms with Crippen LogP contribution in [0.15, 0.2) is 33.9 Å². The van der Waals surface area contributed by atoms with Gasteiger partial charge in [0.25, 0.3) is 0 Å². The number of carboxylic acid groups (broad SMARTS) is 1. The molecule has 6 heteroatoms. The van der Waals surface area contributed by atoms with Crippen LogP contribution in [-0.2, 0) is 0 Å². The molecule has 0 aromatic carbocycles. The van der Waals surface area contributed by atoms with Gasteiger partial charge in [-0.3, -0.25) is 9.78 Å². The van der Waals surface area contributed by atoms with Crippen LogP contribution >= 0.6 is 15.9 Å². The number of aryl methyl sites for hydroxylation is 1. The van der Waals surface area contributed by atoms with Crippen molar-refractivity contribution in [1.29, 1.82) is 0 Å². The highest BCUT2D eigenvalue weighted by molar-refractivity contribution is 9.10. The largest absolute Gasteiger partial charge is 0.477 e. The normalized spacial score (nSPS) is 10.5. The van der Waals surface area contributed by atoms with E-state index in [1.807, 2.05) is 13.0 Å². The number of aromatic carboxylic acids is 1. The highest BCUT2D eigenvalue weighted by atomic mass is 79.9. The first-order valence-electron chi connectivity index (χ1n) is 5.49. The molecule has 0 fully saturated rings. The van der Waals surface area contributed by atoms with Crippen LogP contribution in [0.2, 0.25) is 0 Å². The van der Waals surface area contributed by atoms with Crippen molar-refractivity contribution in [3.05, 3.63) is 56.2 Å². The quantitative estimate of drug-likeness (QED) is 0.920. The van der Waals surface area contributed by atoms with Gasteiger partial charge in [-0.05, 0) is 41.4 Å². The Balaban J connectivity index is 2.78. The van der Waals surface area contributed by atoms with E-state index in [9.17, 15) is 9.59 Å². The van der Waals surface area contributed by atoms with Gasteiger partial charge in [-0.25, -0.2) is 4.79 Å². The van der Waals surface area contributed by atoms with Crippen molar-refractivity contribution in [3.8, 4) is 5.69 Å². The zero-order valence-corrected chi connectivity index (χ0v) is 11.9. The lowest BCUT2D eigenvalue weighted by Crippen LogP contribution is -2.20. The number of nitrogens with zero attached hydrogens (tertiary/aromatic N) is 2. The first-order valence-corrected chi connectivity index (χ1v) is 6.28. The first kappa shape index (κ1) is 13.5. The lowest BCUT2D eigenvalue weighted by molar-refractivity contribution is 0.0694. The average molecular weight is 323 g/mol. The summed E-state index contributed by atoms with van der Waals surface area (Å²) in [4.78, 5) is 27.0. The molecule has 2 aromatic heterocycles. The second kappa shape index (κ2) is 4.97. The zero-order chi connectivity index (χ0) is 14.2. The van der Waals surface area contributed by atoms with Crippen LogP contribution in [0.4, 0.5) is 0 Å². The Morgan fingerprint density at radius 1 is 1.37 bits per heavy atom. The zero-order valence-electron chi connectivity index (χ0n) is 10.3. The van der Waals surface area contributed by atoms with E-state index in [1.165, 1.54) is 6.20 Å². The minimum atomic E-state index is -1.25. The van der Waals surface area contributed by atoms with Crippen molar-refractivity contribution in [3.63, 3.8) is 0 Å². The second-order valence-corrected chi connectivity index (χ2v) is 4.96. The fourth-order valence-corrected chi connectivity index (χ4v) is 2.17. The monoisotopic (exact) mass is 322 g/mol. The van der Waals surface area contributed by atoms with Crippen LogP contribution in [-0.4, -0.2) is 20.6 Å². The van der Waals surface area contributed by atoms with Gasteiger partial charge >= 0.3 is 5.97 Å². The predicted octanol–water partition coefficient (Wildman–Crippen LogP) is 2.31. The van der Waals surface area contributed by atoms with Crippen LogP contribution in [0.1, 0.15) is 21.6 Å². The molecule has 5 nitrogen and oxygen atoms in total. The fourth-order valence-electron chi connectivity index (χ4n) is 1.76. The summed E-state index contributed by atoms with van der Waals surface area (Å²) in [6.45, 7) is 3.63. The van der Waals surface area contributed by atoms with Gasteiger partial charge in [-0.2, -0.15) is 0 Å². The standard InChI is InChI=1S/C13H11BrN2O3/c1-7-3-9(5-15-4-7)16-6-10(13(18)19)12(17)11(14)8(16)2/h3-6H,1-2H3,(H,18,19). The third-order valence-electron chi connectivity index (χ3n) is 2.75. The van der Waals surface area contributed by atoms with Crippen LogP contribution in [0.25, 0.3) is 5.69 Å². The lowest BCUT2D eigenvalue weighted by Gasteiger charge is -2.13. The maximum absolute atomic E-state index is 11.8. The molecule has 0 spiro atoms. The van der Waals surface area contributed by atoms with Gasteiger partial charge in [0.05, 0.1) is 16.4 Å². The van der Waals surface area contributed by atoms with Gasteiger partial charge in [0.1, 0.15) is 5.56 Å². The number of halogens is 1. The van der Waals surface area contributed by atoms with E-state index in [0.29, 0.717) is 11.4 Å². The molecule has 1 N–H and O–H groups in total. The number of pyridine rings is 2. The highest BCUT2D eigenvalue weighted by Gasteiger charge is 2.16. The Hall–Kier alpha value is -1.95. The fraction of sp³-hybridized carbons (Fsp3) is 0.154. The number of carboxylic acids is 1. The predicted molar refractivity (Wildman–Crippen MR) is 74.0 cm³/mol. The van der Waals surface area contributed by atoms with Crippen molar-refractivity contribution in [1.82, 2.24) is 9.55 Å². The van der Waals surface area contributed by atoms with Gasteiger partial charge < -0.3 is 9.67 Å². The van der Waals surface area contributed by atoms with Gasteiger partial charge in [0.2, 0.25) is 5.43 Å². The number of carbonyl (C=O) groups is 1. The molecular weight excluding hydrogens is 312 g/mol. The maximum Gasteiger partial charge on any atom is 0.341 e. The third-order valence-corrected chi connectivity index (χ3v) is 3.68. The average Bonchev–Trinajstić information content (AvgIpc) is 2.36. The van der Waals surface area contributed by atoms with Crippen molar-refractivity contribution >= 4 is 21.9 Å². The number of rotatable bonds is 2. The lowest BCUT2D eigenvalue weighted by atomic mass is 10.2. The molecule has 98 valence electrons. The van der Waals surface area contributed by atoms with Crippen molar-refractivity contribution in [2.45, 2.75) is 13.8 Å². The van der Waals surface area contributed by atoms with Crippen LogP contribution < -0.4 is 5.43 Å². The highest BCUT2D eigenvalue weighted by Crippen LogP contribution is 2.18. The third kappa shape index (κ3) is 2.44. The molecule has 2 aromatic rings. The van der Waals surface area contributed by atoms with Crippen molar-refractivity contribution in [2.75, 3.05) is 0 Å². The molecule has 0 atom stereocenters. The molecule has 0 bridgehead atoms. The van der Waals surface area contributed by atoms with Crippen molar-refractivity contribution in [2.24, 2.45) is 0 Å². The molecular formula is C13H11BrN2O3. The van der Waals surface area contributed by atoms with Crippen molar-refractivity contribution < 1.29 is 9.90 Å². The molecule has 0 aliphatic rings. The smallest absolute Gasteiger partial charge is 0.341 e. The topological polar surface area (TPSA) is 72.2 Å². The Morgan fingerprint density at radius 2 is 2.05 bits per heavy atom. The summed E-state index contributed by atoms with van der Waals surface area (Å²) in [5.74, 6) is -1.25. The van der Waals surface area contributed by atoms with E-state index in [2.05, 4.69) is 20.9 Å². The molecule has 0 amide bonds. The summed E-state index contributed by atoms with van der Waals surface area (Å²) in [6.07, 6.45) is 4.64. The van der Waals surface area contributed by atoms with E-state index in [0.717, 1.165) is 5.56 Å². The Labute approximate surface area is 117 Å². The van der Waals surface area contributed by atoms with Gasteiger partial charge in [0, 0.05) is 18.1 Å². The summed E-state index contributed by atoms with van der Waals surface area (Å²) < 4.78 is 1.88. The molecule has 2 rings (SSSR count). The number of hydrogen-bond acceptors (Lipinski definition) is 3. The molecule has 0 aliphatic heterocycles. The maximum atomic E-state index is 11.8. The SMILES string of the molecule is Cc1cncc(-n2cc(C(=O)O)c(=O)c(Br)c2C)c1. The summed E-state index contributed by atoms with van der Waals surface area (Å²) in [5.41, 5.74) is 1.48. The van der Waals surface area contributed by atoms with E-state index in [4.69, 9.17) is 5.11 Å². The Kier molecular flexibility index (Phi) is 3.53. The molecule has 2 heterocycles. The summed E-state index contributed by atoms with van der Waals surface area (Å²) in [6, 6.07) is 1.86. The second-order valence-electron chi connectivity index (χ2n) is 4.17. The van der Waals surface area contributed by atoms with Gasteiger partial charge in [-0.1, -0.05) is 0 Å². The van der Waals surface area contributed by atoms with E-state index in [1.54, 1.807) is 23.9 Å². The number of hydrogen-bond donors (Lipinski definition) is 1. The molecule has 0 aliphatic carbocycles. The molecule has 0 saturated heterocycles. The minimum Gasteiger partial charge on any atom is -0.477 e. The summed E-state index contributed by atoms with van der Waals surface area (Å²) in [7, 11) is 0. The Bertz CT molecular complexity index is 722. The number of aromatic nitrogens is 2. The van der Waals surface area contributed by atoms with Crippen LogP contribution in [0.3, 0.4) is 0 Å². The van der Waals surface area contributed by atoms with Gasteiger partial charge in [-0.15, -0.1) is 0 Å². The van der Waals surface area contributed by atoms with Crippen LogP contribution in [0.5, 0.6) is 0 Å². The van der Waals surface area contributed by atoms with Crippen LogP contribution in [0, 0.1) is 13.8 Å². The molecule has 19 heavy (non-hydrogen) atoms. The molecule has 0 radical (unpaired) electrons. The minimum absolute atomic E-state index is 0.244. The van der Waals surface area contributed by atoms with E-state index < -0.39 is 11.4 Å². The summed E-state index contributed by atoms with van der Waals surface area (Å²) in [5, 5.41) is 9.06. The Morgan fingerprint density at radius 3 is 2.63 bits per heavy atom. The van der Waals surface area contributed by atoms with E-state index in [-0.39, 0.29) is 10.0 Å².